The molecule has 7 heteroatoms. The van der Waals surface area contributed by atoms with Gasteiger partial charge in [-0.1, -0.05) is 0 Å². The van der Waals surface area contributed by atoms with Gasteiger partial charge >= 0.3 is 0 Å². The highest BCUT2D eigenvalue weighted by Crippen LogP contribution is 2.16. The lowest BCUT2D eigenvalue weighted by Crippen LogP contribution is -2.12. The van der Waals surface area contributed by atoms with Crippen LogP contribution in [0.25, 0.3) is 0 Å². The Hall–Kier alpha value is -2.30. The fraction of sp³-hybridized carbons (Fsp3) is 0.154. The van der Waals surface area contributed by atoms with E-state index in [0.717, 1.165) is 6.07 Å². The van der Waals surface area contributed by atoms with Crippen molar-refractivity contribution in [1.82, 2.24) is 4.98 Å². The molecule has 0 unspecified atom stereocenters. The van der Waals surface area contributed by atoms with Crippen molar-refractivity contribution in [2.24, 2.45) is 0 Å². The summed E-state index contributed by atoms with van der Waals surface area (Å²) < 4.78 is 18.1. The van der Waals surface area contributed by atoms with E-state index in [4.69, 9.17) is 10.00 Å². The average Bonchev–Trinajstić information content (AvgIpc) is 2.90. The number of nitriles is 1. The first-order valence-corrected chi connectivity index (χ1v) is 6.46. The number of nitrogens with zero attached hydrogens (tertiary/aromatic N) is 2. The molecule has 2 rings (SSSR count). The Bertz CT molecular complexity index is 678. The lowest BCUT2D eigenvalue weighted by atomic mass is 10.2. The number of nitrogens with one attached hydrogen (secondary N) is 1. The van der Waals surface area contributed by atoms with E-state index in [9.17, 15) is 9.18 Å². The highest BCUT2D eigenvalue weighted by Gasteiger charge is 2.12. The number of hydrogen-bond donors (Lipinski definition) is 1. The molecule has 0 spiro atoms. The summed E-state index contributed by atoms with van der Waals surface area (Å²) in [5, 5.41) is 13.6. The molecule has 0 bridgehead atoms. The number of thiazole rings is 1. The Morgan fingerprint density at radius 1 is 1.60 bits per heavy atom. The van der Waals surface area contributed by atoms with E-state index in [0.29, 0.717) is 17.3 Å². The number of methoxy groups -OCH3 is 1. The standard InChI is InChI=1S/C13H10FN3O2S/c1-19-6-12-17-11(7-20-12)13(18)16-9-2-3-10(14)8(4-9)5-15/h2-4,7H,6H2,1H3,(H,16,18). The summed E-state index contributed by atoms with van der Waals surface area (Å²) in [7, 11) is 1.54. The van der Waals surface area contributed by atoms with Crippen molar-refractivity contribution in [3.05, 3.63) is 45.7 Å². The summed E-state index contributed by atoms with van der Waals surface area (Å²) in [5.74, 6) is -1.04. The first kappa shape index (κ1) is 14.1. The third-order valence-electron chi connectivity index (χ3n) is 2.40. The van der Waals surface area contributed by atoms with Crippen LogP contribution >= 0.6 is 11.3 Å². The van der Waals surface area contributed by atoms with Crippen LogP contribution in [0.1, 0.15) is 21.1 Å². The number of carbonyl (C=O) groups is 1. The highest BCUT2D eigenvalue weighted by molar-refractivity contribution is 7.09. The smallest absolute Gasteiger partial charge is 0.275 e. The van der Waals surface area contributed by atoms with Crippen molar-refractivity contribution >= 4 is 22.9 Å². The van der Waals surface area contributed by atoms with Gasteiger partial charge in [0.25, 0.3) is 5.91 Å². The maximum absolute atomic E-state index is 13.2. The van der Waals surface area contributed by atoms with Gasteiger partial charge in [-0.2, -0.15) is 5.26 Å². The van der Waals surface area contributed by atoms with Crippen LogP contribution in [0.15, 0.2) is 23.6 Å². The van der Waals surface area contributed by atoms with Crippen molar-refractivity contribution in [2.45, 2.75) is 6.61 Å². The minimum atomic E-state index is -0.624. The molecule has 1 aromatic carbocycles. The van der Waals surface area contributed by atoms with Gasteiger partial charge in [0, 0.05) is 18.2 Å². The van der Waals surface area contributed by atoms with Gasteiger partial charge in [-0.3, -0.25) is 4.79 Å². The third-order valence-corrected chi connectivity index (χ3v) is 3.22. The van der Waals surface area contributed by atoms with Crippen LogP contribution in [-0.2, 0) is 11.3 Å². The van der Waals surface area contributed by atoms with Crippen LogP contribution in [-0.4, -0.2) is 18.0 Å². The SMILES string of the molecule is COCc1nc(C(=O)Nc2ccc(F)c(C#N)c2)cs1. The lowest BCUT2D eigenvalue weighted by Gasteiger charge is -2.03. The average molecular weight is 291 g/mol. The van der Waals surface area contributed by atoms with Gasteiger partial charge in [-0.05, 0) is 18.2 Å². The number of rotatable bonds is 4. The van der Waals surface area contributed by atoms with Crippen LogP contribution < -0.4 is 5.32 Å². The van der Waals surface area contributed by atoms with Crippen molar-refractivity contribution in [3.63, 3.8) is 0 Å². The molecule has 0 aliphatic rings. The van der Waals surface area contributed by atoms with Crippen molar-refractivity contribution in [3.8, 4) is 6.07 Å². The molecule has 1 amide bonds. The molecule has 1 N–H and O–H groups in total. The van der Waals surface area contributed by atoms with Gasteiger partial charge in [-0.15, -0.1) is 11.3 Å². The number of amides is 1. The predicted molar refractivity (Wildman–Crippen MR) is 71.9 cm³/mol. The maximum Gasteiger partial charge on any atom is 0.275 e. The molecule has 1 aromatic heterocycles. The number of hydrogen-bond acceptors (Lipinski definition) is 5. The first-order chi connectivity index (χ1) is 9.63. The van der Waals surface area contributed by atoms with Crippen molar-refractivity contribution in [2.75, 3.05) is 12.4 Å². The predicted octanol–water partition coefficient (Wildman–Crippen LogP) is 2.55. The molecule has 0 fully saturated rings. The van der Waals surface area contributed by atoms with Gasteiger partial charge in [0.2, 0.25) is 0 Å². The molecule has 102 valence electrons. The number of carbonyl (C=O) groups excluding carboxylic acids is 1. The summed E-state index contributed by atoms with van der Waals surface area (Å²) in [5.41, 5.74) is 0.472. The number of halogens is 1. The van der Waals surface area contributed by atoms with Crippen LogP contribution in [0.2, 0.25) is 0 Å². The molecule has 20 heavy (non-hydrogen) atoms. The van der Waals surface area contributed by atoms with E-state index in [1.54, 1.807) is 18.6 Å². The molecular weight excluding hydrogens is 281 g/mol. The lowest BCUT2D eigenvalue weighted by molar-refractivity contribution is 0.102. The fourth-order valence-electron chi connectivity index (χ4n) is 1.49. The third kappa shape index (κ3) is 3.17. The van der Waals surface area contributed by atoms with Crippen molar-refractivity contribution < 1.29 is 13.9 Å². The first-order valence-electron chi connectivity index (χ1n) is 5.58. The largest absolute Gasteiger partial charge is 0.378 e. The summed E-state index contributed by atoms with van der Waals surface area (Å²) in [6.45, 7) is 0.340. The molecule has 1 heterocycles. The zero-order valence-electron chi connectivity index (χ0n) is 10.5. The zero-order valence-corrected chi connectivity index (χ0v) is 11.3. The number of anilines is 1. The summed E-state index contributed by atoms with van der Waals surface area (Å²) in [6.07, 6.45) is 0. The molecule has 0 saturated heterocycles. The van der Waals surface area contributed by atoms with Gasteiger partial charge in [0.15, 0.2) is 0 Å². The molecule has 0 radical (unpaired) electrons. The van der Waals surface area contributed by atoms with E-state index in [1.807, 2.05) is 0 Å². The molecule has 2 aromatic rings. The monoisotopic (exact) mass is 291 g/mol. The molecule has 5 nitrogen and oxygen atoms in total. The van der Waals surface area contributed by atoms with Crippen LogP contribution in [0, 0.1) is 17.1 Å². The second-order valence-electron chi connectivity index (χ2n) is 3.82. The Morgan fingerprint density at radius 2 is 2.40 bits per heavy atom. The molecule has 0 aliphatic heterocycles. The number of benzene rings is 1. The molecule has 0 atom stereocenters. The highest BCUT2D eigenvalue weighted by atomic mass is 32.1. The van der Waals surface area contributed by atoms with E-state index >= 15 is 0 Å². The topological polar surface area (TPSA) is 75.0 Å². The minimum absolute atomic E-state index is 0.124. The Kier molecular flexibility index (Phi) is 4.40. The second-order valence-corrected chi connectivity index (χ2v) is 4.76. The zero-order chi connectivity index (χ0) is 14.5. The normalized spacial score (nSPS) is 10.1. The Balaban J connectivity index is 2.13. The van der Waals surface area contributed by atoms with E-state index in [2.05, 4.69) is 10.3 Å². The van der Waals surface area contributed by atoms with Gasteiger partial charge in [0.05, 0.1) is 12.2 Å². The summed E-state index contributed by atoms with van der Waals surface area (Å²) in [4.78, 5) is 16.0. The Labute approximate surface area is 118 Å². The van der Waals surface area contributed by atoms with Crippen LogP contribution in [0.5, 0.6) is 0 Å². The van der Waals surface area contributed by atoms with Gasteiger partial charge in [-0.25, -0.2) is 9.37 Å². The summed E-state index contributed by atoms with van der Waals surface area (Å²) >= 11 is 1.31. The molecule has 0 saturated carbocycles. The van der Waals surface area contributed by atoms with Gasteiger partial charge in [0.1, 0.15) is 22.6 Å². The minimum Gasteiger partial charge on any atom is -0.378 e. The molecular formula is C13H10FN3O2S. The number of aromatic nitrogens is 1. The second kappa shape index (κ2) is 6.23. The maximum atomic E-state index is 13.2. The quantitative estimate of drug-likeness (QED) is 0.939. The van der Waals surface area contributed by atoms with Crippen molar-refractivity contribution in [1.29, 1.82) is 5.26 Å². The van der Waals surface area contributed by atoms with Gasteiger partial charge < -0.3 is 10.1 Å². The summed E-state index contributed by atoms with van der Waals surface area (Å²) in [6, 6.07) is 5.50. The number of ether oxygens (including phenoxy) is 1. The van der Waals surface area contributed by atoms with Crippen LogP contribution in [0.3, 0.4) is 0 Å². The van der Waals surface area contributed by atoms with E-state index < -0.39 is 11.7 Å². The van der Waals surface area contributed by atoms with E-state index in [1.165, 1.54) is 23.5 Å². The van der Waals surface area contributed by atoms with E-state index in [-0.39, 0.29) is 11.3 Å². The fourth-order valence-corrected chi connectivity index (χ4v) is 2.23. The van der Waals surface area contributed by atoms with Crippen LogP contribution in [0.4, 0.5) is 10.1 Å². The Morgan fingerprint density at radius 3 is 3.10 bits per heavy atom. The molecule has 0 aliphatic carbocycles.